The summed E-state index contributed by atoms with van der Waals surface area (Å²) >= 11 is 0. The molecule has 0 aliphatic heterocycles. The molecule has 0 aromatic heterocycles. The van der Waals surface area contributed by atoms with Crippen LogP contribution in [0.4, 0.5) is 0 Å². The number of hydrogen-bond acceptors (Lipinski definition) is 5. The Hall–Kier alpha value is -1.23. The van der Waals surface area contributed by atoms with E-state index >= 15 is 0 Å². The first-order chi connectivity index (χ1) is 16.9. The van der Waals surface area contributed by atoms with Crippen LogP contribution in [0.2, 0.25) is 0 Å². The molecule has 204 valence electrons. The number of nitrogens with two attached hydrogens (primary N) is 1. The summed E-state index contributed by atoms with van der Waals surface area (Å²) in [6, 6.07) is -0.501. The monoisotopic (exact) mass is 501 g/mol. The number of esters is 1. The molecular formula is C31H51NO4. The molecule has 5 nitrogen and oxygen atoms in total. The SMILES string of the molecule is CCC(C)[C@H](N)C(=O)C[C@@H](C)C(=O)O[C@@H]1CC[C@@]2(C)[C@@H](CC[C@@H]3[C@@H]2CC[C@]2(C)[C@@H](C(C)=O)CC[C@@H]32)C1. The summed E-state index contributed by atoms with van der Waals surface area (Å²) < 4.78 is 6.01. The van der Waals surface area contributed by atoms with Crippen LogP contribution >= 0.6 is 0 Å². The fraction of sp³-hybridized carbons (Fsp3) is 0.903. The summed E-state index contributed by atoms with van der Waals surface area (Å²) in [5.74, 6) is 2.84. The summed E-state index contributed by atoms with van der Waals surface area (Å²) in [7, 11) is 0. The number of ether oxygens (including phenoxy) is 1. The third kappa shape index (κ3) is 4.83. The molecule has 4 rings (SSSR count). The molecule has 0 radical (unpaired) electrons. The zero-order valence-corrected chi connectivity index (χ0v) is 23.7. The fourth-order valence-electron chi connectivity index (χ4n) is 9.37. The quantitative estimate of drug-likeness (QED) is 0.405. The molecule has 4 aliphatic rings. The van der Waals surface area contributed by atoms with Crippen molar-refractivity contribution in [2.75, 3.05) is 0 Å². The van der Waals surface area contributed by atoms with Gasteiger partial charge in [0.15, 0.2) is 5.78 Å². The predicted octanol–water partition coefficient (Wildman–Crippen LogP) is 6.11. The molecule has 0 saturated heterocycles. The van der Waals surface area contributed by atoms with Crippen molar-refractivity contribution in [2.24, 2.45) is 58.0 Å². The van der Waals surface area contributed by atoms with Gasteiger partial charge in [-0.1, -0.05) is 41.0 Å². The fourth-order valence-corrected chi connectivity index (χ4v) is 9.37. The van der Waals surface area contributed by atoms with Gasteiger partial charge in [-0.2, -0.15) is 0 Å². The molecule has 5 heteroatoms. The Morgan fingerprint density at radius 3 is 2.28 bits per heavy atom. The van der Waals surface area contributed by atoms with E-state index in [9.17, 15) is 14.4 Å². The van der Waals surface area contributed by atoms with E-state index in [-0.39, 0.29) is 41.5 Å². The second-order valence-electron chi connectivity index (χ2n) is 13.8. The molecule has 0 bridgehead atoms. The summed E-state index contributed by atoms with van der Waals surface area (Å²) in [6.45, 7) is 12.6. The van der Waals surface area contributed by atoms with Gasteiger partial charge in [-0.25, -0.2) is 0 Å². The molecule has 0 heterocycles. The van der Waals surface area contributed by atoms with E-state index in [0.717, 1.165) is 43.9 Å². The van der Waals surface area contributed by atoms with Crippen LogP contribution in [-0.4, -0.2) is 29.7 Å². The Bertz CT molecular complexity index is 856. The molecule has 0 aromatic carbocycles. The van der Waals surface area contributed by atoms with Gasteiger partial charge in [-0.15, -0.1) is 0 Å². The highest BCUT2D eigenvalue weighted by Crippen LogP contribution is 2.67. The van der Waals surface area contributed by atoms with E-state index in [4.69, 9.17) is 10.5 Å². The van der Waals surface area contributed by atoms with Crippen molar-refractivity contribution >= 4 is 17.5 Å². The molecule has 0 aromatic rings. The van der Waals surface area contributed by atoms with Gasteiger partial charge >= 0.3 is 5.97 Å². The van der Waals surface area contributed by atoms with Crippen molar-refractivity contribution in [1.29, 1.82) is 0 Å². The lowest BCUT2D eigenvalue weighted by Gasteiger charge is -2.61. The van der Waals surface area contributed by atoms with Crippen LogP contribution in [0, 0.1) is 52.3 Å². The maximum atomic E-state index is 12.9. The van der Waals surface area contributed by atoms with E-state index in [2.05, 4.69) is 13.8 Å². The molecule has 2 N–H and O–H groups in total. The van der Waals surface area contributed by atoms with Gasteiger partial charge in [0.25, 0.3) is 0 Å². The first-order valence-electron chi connectivity index (χ1n) is 14.9. The van der Waals surface area contributed by atoms with Crippen molar-refractivity contribution < 1.29 is 19.1 Å². The summed E-state index contributed by atoms with van der Waals surface area (Å²) in [4.78, 5) is 37.8. The van der Waals surface area contributed by atoms with Gasteiger partial charge < -0.3 is 10.5 Å². The molecule has 4 saturated carbocycles. The van der Waals surface area contributed by atoms with Gasteiger partial charge in [0.2, 0.25) is 0 Å². The Balaban J connectivity index is 1.35. The number of carbonyl (C=O) groups is 3. The number of carbonyl (C=O) groups excluding carboxylic acids is 3. The van der Waals surface area contributed by atoms with Gasteiger partial charge in [0.1, 0.15) is 11.9 Å². The van der Waals surface area contributed by atoms with Crippen molar-refractivity contribution in [2.45, 2.75) is 124 Å². The second-order valence-corrected chi connectivity index (χ2v) is 13.8. The van der Waals surface area contributed by atoms with Gasteiger partial charge in [0, 0.05) is 12.3 Å². The molecule has 4 fully saturated rings. The lowest BCUT2D eigenvalue weighted by atomic mass is 9.44. The molecular weight excluding hydrogens is 450 g/mol. The average molecular weight is 502 g/mol. The summed E-state index contributed by atoms with van der Waals surface area (Å²) in [5.41, 5.74) is 6.60. The zero-order chi connectivity index (χ0) is 26.4. The topological polar surface area (TPSA) is 86.5 Å². The third-order valence-corrected chi connectivity index (χ3v) is 11.9. The minimum atomic E-state index is -0.501. The van der Waals surface area contributed by atoms with Crippen LogP contribution in [0.25, 0.3) is 0 Å². The molecule has 11 atom stereocenters. The molecule has 1 unspecified atom stereocenters. The van der Waals surface area contributed by atoms with Crippen LogP contribution in [0.15, 0.2) is 0 Å². The standard InChI is InChI=1S/C31H51NO4/c1-7-18(2)28(32)27(34)16-19(3)29(35)36-22-12-14-30(5)21(17-22)8-9-23-25-11-10-24(20(4)33)31(25,6)15-13-26(23)30/h18-19,21-26,28H,7-17,32H2,1-6H3/t18?,19-,21+,22-,23+,24-,25+,26+,28+,30+,31-/m1/s1. The third-order valence-electron chi connectivity index (χ3n) is 11.9. The Morgan fingerprint density at radius 2 is 1.61 bits per heavy atom. The highest BCUT2D eigenvalue weighted by molar-refractivity contribution is 5.88. The van der Waals surface area contributed by atoms with E-state index in [0.29, 0.717) is 23.0 Å². The average Bonchev–Trinajstić information content (AvgIpc) is 3.20. The Kier molecular flexibility index (Phi) is 8.11. The van der Waals surface area contributed by atoms with Crippen LogP contribution in [0.5, 0.6) is 0 Å². The summed E-state index contributed by atoms with van der Waals surface area (Å²) in [5, 5.41) is 0. The number of ketones is 2. The first-order valence-corrected chi connectivity index (χ1v) is 14.9. The lowest BCUT2D eigenvalue weighted by Crippen LogP contribution is -2.54. The highest BCUT2D eigenvalue weighted by atomic mass is 16.5. The van der Waals surface area contributed by atoms with Crippen molar-refractivity contribution in [3.05, 3.63) is 0 Å². The molecule has 0 amide bonds. The van der Waals surface area contributed by atoms with E-state index < -0.39 is 12.0 Å². The number of fused-ring (bicyclic) bond motifs is 5. The maximum absolute atomic E-state index is 12.9. The molecule has 36 heavy (non-hydrogen) atoms. The van der Waals surface area contributed by atoms with Crippen LogP contribution in [-0.2, 0) is 19.1 Å². The zero-order valence-electron chi connectivity index (χ0n) is 23.7. The summed E-state index contributed by atoms with van der Waals surface area (Å²) in [6.07, 6.45) is 11.2. The Labute approximate surface area is 219 Å². The Morgan fingerprint density at radius 1 is 0.944 bits per heavy atom. The second kappa shape index (κ2) is 10.5. The maximum Gasteiger partial charge on any atom is 0.309 e. The lowest BCUT2D eigenvalue weighted by molar-refractivity contribution is -0.167. The van der Waals surface area contributed by atoms with Crippen LogP contribution in [0.3, 0.4) is 0 Å². The van der Waals surface area contributed by atoms with Gasteiger partial charge in [0.05, 0.1) is 12.0 Å². The van der Waals surface area contributed by atoms with Gasteiger partial charge in [-0.05, 0) is 105 Å². The predicted molar refractivity (Wildman–Crippen MR) is 142 cm³/mol. The largest absolute Gasteiger partial charge is 0.462 e. The molecule has 4 aliphatic carbocycles. The number of rotatable bonds is 8. The van der Waals surface area contributed by atoms with E-state index in [1.165, 1.54) is 32.1 Å². The smallest absolute Gasteiger partial charge is 0.309 e. The minimum Gasteiger partial charge on any atom is -0.462 e. The minimum absolute atomic E-state index is 0.0321. The normalized spacial score (nSPS) is 42.3. The van der Waals surface area contributed by atoms with Gasteiger partial charge in [-0.3, -0.25) is 14.4 Å². The van der Waals surface area contributed by atoms with Crippen molar-refractivity contribution in [3.8, 4) is 0 Å². The number of Topliss-reactive ketones (excluding diaryl/α,β-unsaturated/α-hetero) is 2. The van der Waals surface area contributed by atoms with Crippen molar-refractivity contribution in [1.82, 2.24) is 0 Å². The highest BCUT2D eigenvalue weighted by Gasteiger charge is 2.61. The van der Waals surface area contributed by atoms with E-state index in [1.807, 2.05) is 20.8 Å². The van der Waals surface area contributed by atoms with Crippen LogP contribution in [0.1, 0.15) is 112 Å². The van der Waals surface area contributed by atoms with E-state index in [1.54, 1.807) is 6.92 Å². The molecule has 0 spiro atoms. The number of hydrogen-bond donors (Lipinski definition) is 1. The van der Waals surface area contributed by atoms with Crippen molar-refractivity contribution in [3.63, 3.8) is 0 Å². The first kappa shape index (κ1) is 27.8. The van der Waals surface area contributed by atoms with Crippen LogP contribution < -0.4 is 5.73 Å².